The minimum atomic E-state index is -4.34. The Morgan fingerprint density at radius 3 is 2.77 bits per heavy atom. The third-order valence-corrected chi connectivity index (χ3v) is 4.59. The van der Waals surface area contributed by atoms with E-state index in [1.54, 1.807) is 0 Å². The van der Waals surface area contributed by atoms with Crippen LogP contribution in [0.5, 0.6) is 5.88 Å². The largest absolute Gasteiger partial charge is 0.470 e. The maximum absolute atomic E-state index is 13.0. The molecule has 2 aromatic rings. The van der Waals surface area contributed by atoms with Crippen LogP contribution in [0.1, 0.15) is 32.0 Å². The van der Waals surface area contributed by atoms with E-state index in [0.717, 1.165) is 0 Å². The molecule has 0 aliphatic carbocycles. The number of hydrogen-bond donors (Lipinski definition) is 1. The Bertz CT molecular complexity index is 990. The zero-order chi connectivity index (χ0) is 22.1. The van der Waals surface area contributed by atoms with Crippen molar-refractivity contribution in [2.45, 2.75) is 25.4 Å². The van der Waals surface area contributed by atoms with Crippen molar-refractivity contribution in [1.82, 2.24) is 20.2 Å². The van der Waals surface area contributed by atoms with E-state index < -0.39 is 30.7 Å². The lowest BCUT2D eigenvalue weighted by Crippen LogP contribution is -2.34. The van der Waals surface area contributed by atoms with Gasteiger partial charge in [-0.25, -0.2) is 13.8 Å². The summed E-state index contributed by atoms with van der Waals surface area (Å²) < 4.78 is 55.0. The van der Waals surface area contributed by atoms with Gasteiger partial charge in [0.1, 0.15) is 10.7 Å². The van der Waals surface area contributed by atoms with E-state index in [9.17, 15) is 27.2 Å². The predicted octanol–water partition coefficient (Wildman–Crippen LogP) is 2.92. The number of ether oxygens (including phenoxy) is 1. The van der Waals surface area contributed by atoms with Crippen LogP contribution in [-0.2, 0) is 13.1 Å². The van der Waals surface area contributed by atoms with Crippen LogP contribution in [0.15, 0.2) is 24.5 Å². The molecule has 0 fully saturated rings. The first-order valence-electron chi connectivity index (χ1n) is 8.56. The molecule has 0 aromatic carbocycles. The molecule has 1 N–H and O–H groups in total. The quantitative estimate of drug-likeness (QED) is 0.661. The zero-order valence-electron chi connectivity index (χ0n) is 15.5. The summed E-state index contributed by atoms with van der Waals surface area (Å²) in [5, 5.41) is 2.29. The molecule has 0 bridgehead atoms. The Morgan fingerprint density at radius 2 is 2.13 bits per heavy atom. The number of halogens is 5. The fourth-order valence-corrected chi connectivity index (χ4v) is 3.08. The number of rotatable bonds is 7. The molecule has 1 aliphatic rings. The topological polar surface area (TPSA) is 84.4 Å². The fourth-order valence-electron chi connectivity index (χ4n) is 2.83. The standard InChI is InChI=1S/C18H15ClF4N4O3/c1-24-14(28)13-11-7-27(16(29)10(11)2-3-25-13)6-9-4-12(19)15(26-5-9)30-8-18(22,23)17(20)21/h2-5,17H,6-8H2,1H3,(H,24,28). The lowest BCUT2D eigenvalue weighted by atomic mass is 10.1. The van der Waals surface area contributed by atoms with E-state index in [4.69, 9.17) is 11.6 Å². The Labute approximate surface area is 173 Å². The molecule has 0 saturated heterocycles. The summed E-state index contributed by atoms with van der Waals surface area (Å²) in [6.07, 6.45) is -1.28. The lowest BCUT2D eigenvalue weighted by Gasteiger charge is -2.18. The number of hydrogen-bond acceptors (Lipinski definition) is 5. The molecule has 1 aliphatic heterocycles. The van der Waals surface area contributed by atoms with Crippen molar-refractivity contribution in [2.75, 3.05) is 13.7 Å². The predicted molar refractivity (Wildman–Crippen MR) is 96.9 cm³/mol. The number of aromatic nitrogens is 2. The number of fused-ring (bicyclic) bond motifs is 1. The van der Waals surface area contributed by atoms with E-state index in [0.29, 0.717) is 16.7 Å². The van der Waals surface area contributed by atoms with E-state index in [1.165, 1.54) is 36.5 Å². The van der Waals surface area contributed by atoms with Gasteiger partial charge in [0.05, 0.1) is 0 Å². The van der Waals surface area contributed by atoms with Gasteiger partial charge in [-0.3, -0.25) is 14.6 Å². The summed E-state index contributed by atoms with van der Waals surface area (Å²) in [7, 11) is 1.45. The molecule has 0 radical (unpaired) electrons. The summed E-state index contributed by atoms with van der Waals surface area (Å²) in [4.78, 5) is 33.8. The van der Waals surface area contributed by atoms with E-state index in [-0.39, 0.29) is 29.7 Å². The zero-order valence-corrected chi connectivity index (χ0v) is 16.2. The Hall–Kier alpha value is -2.95. The van der Waals surface area contributed by atoms with E-state index in [1.807, 2.05) is 0 Å². The monoisotopic (exact) mass is 446 g/mol. The van der Waals surface area contributed by atoms with Crippen molar-refractivity contribution in [3.05, 3.63) is 51.9 Å². The minimum absolute atomic E-state index is 0.0564. The van der Waals surface area contributed by atoms with Gasteiger partial charge in [-0.15, -0.1) is 0 Å². The van der Waals surface area contributed by atoms with E-state index in [2.05, 4.69) is 20.0 Å². The summed E-state index contributed by atoms with van der Waals surface area (Å²) in [5.41, 5.74) is 1.42. The van der Waals surface area contributed by atoms with Gasteiger partial charge in [0.2, 0.25) is 5.88 Å². The first-order chi connectivity index (χ1) is 14.1. The van der Waals surface area contributed by atoms with Gasteiger partial charge in [0, 0.05) is 43.7 Å². The van der Waals surface area contributed by atoms with Crippen molar-refractivity contribution in [2.24, 2.45) is 0 Å². The van der Waals surface area contributed by atoms with Gasteiger partial charge in [-0.1, -0.05) is 11.6 Å². The third-order valence-electron chi connectivity index (χ3n) is 4.32. The lowest BCUT2D eigenvalue weighted by molar-refractivity contribution is -0.148. The van der Waals surface area contributed by atoms with Gasteiger partial charge < -0.3 is 15.0 Å². The molecule has 30 heavy (non-hydrogen) atoms. The highest BCUT2D eigenvalue weighted by Gasteiger charge is 2.42. The maximum atomic E-state index is 13.0. The molecular weight excluding hydrogens is 432 g/mol. The molecule has 0 unspecified atom stereocenters. The summed E-state index contributed by atoms with van der Waals surface area (Å²) >= 11 is 5.95. The molecule has 7 nitrogen and oxygen atoms in total. The van der Waals surface area contributed by atoms with Crippen molar-refractivity contribution >= 4 is 23.4 Å². The summed E-state index contributed by atoms with van der Waals surface area (Å²) in [5.74, 6) is -5.52. The van der Waals surface area contributed by atoms with Gasteiger partial charge in [-0.05, 0) is 17.7 Å². The fraction of sp³-hybridized carbons (Fsp3) is 0.333. The average Bonchev–Trinajstić information content (AvgIpc) is 3.02. The molecule has 12 heteroatoms. The number of carbonyl (C=O) groups excluding carboxylic acids is 2. The van der Waals surface area contributed by atoms with Crippen LogP contribution in [0.2, 0.25) is 5.02 Å². The Balaban J connectivity index is 1.72. The highest BCUT2D eigenvalue weighted by atomic mass is 35.5. The summed E-state index contributed by atoms with van der Waals surface area (Å²) in [6, 6.07) is 2.84. The van der Waals surface area contributed by atoms with Crippen molar-refractivity contribution in [3.63, 3.8) is 0 Å². The molecule has 2 aromatic heterocycles. The number of nitrogens with one attached hydrogen (secondary N) is 1. The molecular formula is C18H15ClF4N4O3. The number of alkyl halides is 4. The average molecular weight is 447 g/mol. The van der Waals surface area contributed by atoms with Crippen LogP contribution in [-0.4, -0.2) is 52.7 Å². The van der Waals surface area contributed by atoms with Gasteiger partial charge in [0.25, 0.3) is 11.8 Å². The molecule has 0 spiro atoms. The summed E-state index contributed by atoms with van der Waals surface area (Å²) in [6.45, 7) is -1.39. The first-order valence-corrected chi connectivity index (χ1v) is 8.94. The second-order valence-electron chi connectivity index (χ2n) is 6.41. The van der Waals surface area contributed by atoms with Gasteiger partial charge in [0.15, 0.2) is 6.61 Å². The number of pyridine rings is 2. The van der Waals surface area contributed by atoms with Crippen molar-refractivity contribution in [3.8, 4) is 5.88 Å². The highest BCUT2D eigenvalue weighted by Crippen LogP contribution is 2.30. The van der Waals surface area contributed by atoms with Crippen molar-refractivity contribution in [1.29, 1.82) is 0 Å². The van der Waals surface area contributed by atoms with Crippen LogP contribution < -0.4 is 10.1 Å². The van der Waals surface area contributed by atoms with E-state index >= 15 is 0 Å². The van der Waals surface area contributed by atoms with Gasteiger partial charge >= 0.3 is 12.3 Å². The maximum Gasteiger partial charge on any atom is 0.340 e. The second-order valence-corrected chi connectivity index (χ2v) is 6.81. The van der Waals surface area contributed by atoms with Crippen LogP contribution in [0.25, 0.3) is 0 Å². The highest BCUT2D eigenvalue weighted by molar-refractivity contribution is 6.31. The molecule has 0 saturated carbocycles. The third kappa shape index (κ3) is 4.30. The Kier molecular flexibility index (Phi) is 6.11. The molecule has 0 atom stereocenters. The van der Waals surface area contributed by atoms with Crippen LogP contribution >= 0.6 is 11.6 Å². The molecule has 3 heterocycles. The molecule has 3 rings (SSSR count). The van der Waals surface area contributed by atoms with Crippen LogP contribution in [0.3, 0.4) is 0 Å². The smallest absolute Gasteiger partial charge is 0.340 e. The second kappa shape index (κ2) is 8.42. The minimum Gasteiger partial charge on any atom is -0.470 e. The molecule has 160 valence electrons. The van der Waals surface area contributed by atoms with Crippen LogP contribution in [0, 0.1) is 0 Å². The van der Waals surface area contributed by atoms with Crippen LogP contribution in [0.4, 0.5) is 17.6 Å². The number of amides is 2. The number of carbonyl (C=O) groups is 2. The normalized spacial score (nSPS) is 13.6. The SMILES string of the molecule is CNC(=O)c1nccc2c1CN(Cc1cnc(OCC(F)(F)C(F)F)c(Cl)c1)C2=O. The number of nitrogens with zero attached hydrogens (tertiary/aromatic N) is 3. The Morgan fingerprint density at radius 1 is 1.40 bits per heavy atom. The van der Waals surface area contributed by atoms with Gasteiger partial charge in [-0.2, -0.15) is 8.78 Å². The first kappa shape index (κ1) is 21.8. The van der Waals surface area contributed by atoms with Crippen molar-refractivity contribution < 1.29 is 31.9 Å². The molecule has 2 amide bonds.